The van der Waals surface area contributed by atoms with Crippen LogP contribution in [0.4, 0.5) is 5.82 Å². The Morgan fingerprint density at radius 3 is 2.57 bits per heavy atom. The number of aromatic nitrogens is 3. The maximum atomic E-state index is 13.6. The van der Waals surface area contributed by atoms with Gasteiger partial charge in [0, 0.05) is 50.3 Å². The van der Waals surface area contributed by atoms with Gasteiger partial charge in [-0.05, 0) is 47.4 Å². The van der Waals surface area contributed by atoms with Gasteiger partial charge in [0.25, 0.3) is 5.91 Å². The number of hydrogen-bond donors (Lipinski definition) is 0. The minimum absolute atomic E-state index is 0.0320. The van der Waals surface area contributed by atoms with Gasteiger partial charge in [-0.2, -0.15) is 10.4 Å². The average Bonchev–Trinajstić information content (AvgIpc) is 3.30. The van der Waals surface area contributed by atoms with E-state index in [1.807, 2.05) is 46.1 Å². The molecule has 0 aliphatic carbocycles. The number of pyridine rings is 1. The Balaban J connectivity index is 1.33. The number of benzene rings is 2. The molecule has 2 aromatic heterocycles. The van der Waals surface area contributed by atoms with Crippen LogP contribution in [0.15, 0.2) is 85.3 Å². The Labute approximate surface area is 204 Å². The SMILES string of the molecule is N#Cc1cccnc1N1CCCN(C(=O)c2ccccc2-c2ccc(Cn3cccn3)cc2)CC1. The molecule has 0 atom stereocenters. The summed E-state index contributed by atoms with van der Waals surface area (Å²) in [6.07, 6.45) is 6.24. The third kappa shape index (κ3) is 4.92. The van der Waals surface area contributed by atoms with Crippen molar-refractivity contribution in [2.24, 2.45) is 0 Å². The molecule has 174 valence electrons. The summed E-state index contributed by atoms with van der Waals surface area (Å²) in [5.74, 6) is 0.726. The number of carbonyl (C=O) groups is 1. The van der Waals surface area contributed by atoms with Crippen LogP contribution in [-0.4, -0.2) is 51.8 Å². The standard InChI is InChI=1S/C28H26N6O/c29-20-24-6-3-13-30-27(24)32-15-5-16-33(19-18-32)28(35)26-8-2-1-7-25(26)23-11-9-22(10-12-23)21-34-17-4-14-31-34/h1-4,6-14,17H,5,15-16,18-19,21H2. The Bertz CT molecular complexity index is 1340. The Hall–Kier alpha value is -4.44. The van der Waals surface area contributed by atoms with Crippen molar-refractivity contribution in [3.05, 3.63) is 102 Å². The van der Waals surface area contributed by atoms with Crippen LogP contribution in [0.5, 0.6) is 0 Å². The Morgan fingerprint density at radius 1 is 0.914 bits per heavy atom. The highest BCUT2D eigenvalue weighted by Gasteiger charge is 2.24. The normalized spacial score (nSPS) is 13.8. The van der Waals surface area contributed by atoms with Gasteiger partial charge in [-0.1, -0.05) is 42.5 Å². The van der Waals surface area contributed by atoms with Crippen LogP contribution in [0.2, 0.25) is 0 Å². The first kappa shape index (κ1) is 22.4. The van der Waals surface area contributed by atoms with E-state index in [-0.39, 0.29) is 5.91 Å². The zero-order chi connectivity index (χ0) is 24.0. The number of rotatable bonds is 5. The van der Waals surface area contributed by atoms with Gasteiger partial charge in [0.1, 0.15) is 11.9 Å². The topological polar surface area (TPSA) is 78.0 Å². The number of nitrogens with zero attached hydrogens (tertiary/aromatic N) is 6. The van der Waals surface area contributed by atoms with Crippen molar-refractivity contribution in [1.29, 1.82) is 5.26 Å². The predicted octanol–water partition coefficient (Wildman–Crippen LogP) is 4.22. The van der Waals surface area contributed by atoms with Crippen molar-refractivity contribution >= 4 is 11.7 Å². The van der Waals surface area contributed by atoms with Gasteiger partial charge in [0.15, 0.2) is 0 Å². The first-order valence-corrected chi connectivity index (χ1v) is 11.8. The van der Waals surface area contributed by atoms with E-state index in [0.29, 0.717) is 43.1 Å². The lowest BCUT2D eigenvalue weighted by Crippen LogP contribution is -2.35. The molecule has 0 bridgehead atoms. The van der Waals surface area contributed by atoms with Crippen LogP contribution in [-0.2, 0) is 6.54 Å². The lowest BCUT2D eigenvalue weighted by atomic mass is 9.97. The molecule has 1 amide bonds. The number of amides is 1. The van der Waals surface area contributed by atoms with E-state index in [9.17, 15) is 10.1 Å². The molecule has 4 aromatic rings. The zero-order valence-corrected chi connectivity index (χ0v) is 19.4. The van der Waals surface area contributed by atoms with Crippen LogP contribution in [0.1, 0.15) is 27.9 Å². The van der Waals surface area contributed by atoms with Crippen LogP contribution >= 0.6 is 0 Å². The van der Waals surface area contributed by atoms with Crippen molar-refractivity contribution in [3.63, 3.8) is 0 Å². The molecule has 0 spiro atoms. The van der Waals surface area contributed by atoms with E-state index >= 15 is 0 Å². The van der Waals surface area contributed by atoms with Gasteiger partial charge >= 0.3 is 0 Å². The molecule has 7 heteroatoms. The number of anilines is 1. The third-order valence-electron chi connectivity index (χ3n) is 6.32. The first-order chi connectivity index (χ1) is 17.2. The first-order valence-electron chi connectivity index (χ1n) is 11.8. The second-order valence-electron chi connectivity index (χ2n) is 8.57. The smallest absolute Gasteiger partial charge is 0.254 e. The Kier molecular flexibility index (Phi) is 6.53. The largest absolute Gasteiger partial charge is 0.354 e. The summed E-state index contributed by atoms with van der Waals surface area (Å²) < 4.78 is 1.89. The molecule has 0 radical (unpaired) electrons. The highest BCUT2D eigenvalue weighted by Crippen LogP contribution is 2.26. The van der Waals surface area contributed by atoms with Crippen molar-refractivity contribution in [2.45, 2.75) is 13.0 Å². The molecule has 1 saturated heterocycles. The fraction of sp³-hybridized carbons (Fsp3) is 0.214. The fourth-order valence-electron chi connectivity index (χ4n) is 4.53. The Morgan fingerprint density at radius 2 is 1.77 bits per heavy atom. The van der Waals surface area contributed by atoms with Crippen LogP contribution < -0.4 is 4.90 Å². The maximum absolute atomic E-state index is 13.6. The number of carbonyl (C=O) groups excluding carboxylic acids is 1. The van der Waals surface area contributed by atoms with E-state index in [0.717, 1.165) is 29.7 Å². The minimum atomic E-state index is 0.0320. The maximum Gasteiger partial charge on any atom is 0.254 e. The molecule has 3 heterocycles. The predicted molar refractivity (Wildman–Crippen MR) is 135 cm³/mol. The van der Waals surface area contributed by atoms with E-state index in [4.69, 9.17) is 0 Å². The minimum Gasteiger partial charge on any atom is -0.354 e. The molecule has 1 aliphatic rings. The highest BCUT2D eigenvalue weighted by atomic mass is 16.2. The van der Waals surface area contributed by atoms with Gasteiger partial charge in [-0.25, -0.2) is 4.98 Å². The van der Waals surface area contributed by atoms with Gasteiger partial charge in [-0.15, -0.1) is 0 Å². The second-order valence-corrected chi connectivity index (χ2v) is 8.57. The molecular formula is C28H26N6O. The van der Waals surface area contributed by atoms with E-state index < -0.39 is 0 Å². The summed E-state index contributed by atoms with van der Waals surface area (Å²) >= 11 is 0. The summed E-state index contributed by atoms with van der Waals surface area (Å²) in [6, 6.07) is 23.8. The quantitative estimate of drug-likeness (QED) is 0.444. The van der Waals surface area contributed by atoms with Crippen molar-refractivity contribution in [1.82, 2.24) is 19.7 Å². The molecule has 35 heavy (non-hydrogen) atoms. The number of hydrogen-bond acceptors (Lipinski definition) is 5. The van der Waals surface area contributed by atoms with Crippen molar-refractivity contribution in [2.75, 3.05) is 31.1 Å². The molecule has 7 nitrogen and oxygen atoms in total. The fourth-order valence-corrected chi connectivity index (χ4v) is 4.53. The molecule has 0 unspecified atom stereocenters. The van der Waals surface area contributed by atoms with Crippen molar-refractivity contribution < 1.29 is 4.79 Å². The van der Waals surface area contributed by atoms with Crippen molar-refractivity contribution in [3.8, 4) is 17.2 Å². The lowest BCUT2D eigenvalue weighted by Gasteiger charge is -2.24. The lowest BCUT2D eigenvalue weighted by molar-refractivity contribution is 0.0768. The second kappa shape index (κ2) is 10.2. The molecule has 0 N–H and O–H groups in total. The van der Waals surface area contributed by atoms with Gasteiger partial charge in [0.2, 0.25) is 0 Å². The summed E-state index contributed by atoms with van der Waals surface area (Å²) in [6.45, 7) is 3.36. The van der Waals surface area contributed by atoms with Crippen LogP contribution in [0, 0.1) is 11.3 Å². The van der Waals surface area contributed by atoms with Crippen LogP contribution in [0.25, 0.3) is 11.1 Å². The van der Waals surface area contributed by atoms with Crippen LogP contribution in [0.3, 0.4) is 0 Å². The van der Waals surface area contributed by atoms with E-state index in [1.54, 1.807) is 24.5 Å². The molecule has 5 rings (SSSR count). The molecule has 2 aromatic carbocycles. The van der Waals surface area contributed by atoms with Gasteiger partial charge < -0.3 is 9.80 Å². The molecule has 1 fully saturated rings. The zero-order valence-electron chi connectivity index (χ0n) is 19.4. The summed E-state index contributed by atoms with van der Waals surface area (Å²) in [7, 11) is 0. The molecule has 0 saturated carbocycles. The highest BCUT2D eigenvalue weighted by molar-refractivity contribution is 6.01. The summed E-state index contributed by atoms with van der Waals surface area (Å²) in [4.78, 5) is 22.1. The van der Waals surface area contributed by atoms with E-state index in [1.165, 1.54) is 0 Å². The summed E-state index contributed by atoms with van der Waals surface area (Å²) in [5.41, 5.74) is 4.37. The monoisotopic (exact) mass is 462 g/mol. The summed E-state index contributed by atoms with van der Waals surface area (Å²) in [5, 5.41) is 13.7. The molecule has 1 aliphatic heterocycles. The van der Waals surface area contributed by atoms with Gasteiger partial charge in [-0.3, -0.25) is 9.48 Å². The molecular weight excluding hydrogens is 436 g/mol. The third-order valence-corrected chi connectivity index (χ3v) is 6.32. The average molecular weight is 463 g/mol. The number of nitriles is 1. The van der Waals surface area contributed by atoms with Gasteiger partial charge in [0.05, 0.1) is 12.1 Å². The van der Waals surface area contributed by atoms with E-state index in [2.05, 4.69) is 45.3 Å².